The number of halogens is 3. The summed E-state index contributed by atoms with van der Waals surface area (Å²) in [6.45, 7) is 0.402. The molecule has 2 unspecified atom stereocenters. The van der Waals surface area contributed by atoms with E-state index in [1.165, 1.54) is 0 Å². The van der Waals surface area contributed by atoms with Crippen molar-refractivity contribution in [2.45, 2.75) is 38.1 Å². The summed E-state index contributed by atoms with van der Waals surface area (Å²) in [6.07, 6.45) is -3.62. The van der Waals surface area contributed by atoms with Crippen LogP contribution in [0.5, 0.6) is 0 Å². The van der Waals surface area contributed by atoms with Crippen LogP contribution in [0.3, 0.4) is 0 Å². The van der Waals surface area contributed by atoms with Gasteiger partial charge in [-0.3, -0.25) is 0 Å². The molecular weight excluding hydrogens is 269 g/mol. The molecule has 1 aliphatic rings. The van der Waals surface area contributed by atoms with Crippen LogP contribution in [0.4, 0.5) is 18.9 Å². The lowest BCUT2D eigenvalue weighted by Crippen LogP contribution is -2.27. The molecule has 1 aliphatic heterocycles. The molecule has 0 bridgehead atoms. The molecule has 1 aromatic carbocycles. The average molecular weight is 284 g/mol. The molecule has 0 aromatic heterocycles. The Labute approximate surface area is 115 Å². The molecule has 2 atom stereocenters. The van der Waals surface area contributed by atoms with Crippen LogP contribution in [0.25, 0.3) is 0 Å². The third-order valence-electron chi connectivity index (χ3n) is 3.23. The number of para-hydroxylation sites is 1. The molecule has 108 valence electrons. The van der Waals surface area contributed by atoms with Crippen LogP contribution < -0.4 is 5.32 Å². The van der Waals surface area contributed by atoms with E-state index in [2.05, 4.69) is 11.4 Å². The van der Waals surface area contributed by atoms with Gasteiger partial charge in [0, 0.05) is 6.04 Å². The SMILES string of the molecule is CC(CC1Cc2cccc(C#N)c2N1)OCC(F)(F)F. The van der Waals surface area contributed by atoms with Crippen molar-refractivity contribution in [3.8, 4) is 6.07 Å². The van der Waals surface area contributed by atoms with E-state index in [-0.39, 0.29) is 6.04 Å². The molecule has 1 N–H and O–H groups in total. The Morgan fingerprint density at radius 1 is 1.50 bits per heavy atom. The molecule has 2 rings (SSSR count). The Balaban J connectivity index is 1.90. The number of benzene rings is 1. The first-order valence-corrected chi connectivity index (χ1v) is 6.36. The number of ether oxygens (including phenoxy) is 1. The molecule has 6 heteroatoms. The van der Waals surface area contributed by atoms with Crippen molar-refractivity contribution >= 4 is 5.69 Å². The van der Waals surface area contributed by atoms with Gasteiger partial charge in [0.25, 0.3) is 0 Å². The van der Waals surface area contributed by atoms with E-state index < -0.39 is 18.9 Å². The lowest BCUT2D eigenvalue weighted by Gasteiger charge is -2.19. The fourth-order valence-electron chi connectivity index (χ4n) is 2.40. The Hall–Kier alpha value is -1.74. The van der Waals surface area contributed by atoms with E-state index in [1.807, 2.05) is 12.1 Å². The van der Waals surface area contributed by atoms with Crippen molar-refractivity contribution in [1.29, 1.82) is 5.26 Å². The zero-order chi connectivity index (χ0) is 14.8. The van der Waals surface area contributed by atoms with Gasteiger partial charge in [0.05, 0.1) is 17.4 Å². The molecule has 1 heterocycles. The monoisotopic (exact) mass is 284 g/mol. The first-order chi connectivity index (χ1) is 9.39. The Bertz CT molecular complexity index is 522. The Morgan fingerprint density at radius 2 is 2.25 bits per heavy atom. The van der Waals surface area contributed by atoms with Gasteiger partial charge in [0.1, 0.15) is 12.7 Å². The van der Waals surface area contributed by atoms with E-state index >= 15 is 0 Å². The van der Waals surface area contributed by atoms with Gasteiger partial charge in [0.2, 0.25) is 0 Å². The van der Waals surface area contributed by atoms with Gasteiger partial charge in [-0.15, -0.1) is 0 Å². The molecule has 0 aliphatic carbocycles. The maximum atomic E-state index is 12.1. The maximum Gasteiger partial charge on any atom is 0.411 e. The first kappa shape index (κ1) is 14.7. The number of fused-ring (bicyclic) bond motifs is 1. The van der Waals surface area contributed by atoms with Gasteiger partial charge < -0.3 is 10.1 Å². The minimum atomic E-state index is -4.30. The van der Waals surface area contributed by atoms with Crippen molar-refractivity contribution in [2.24, 2.45) is 0 Å². The highest BCUT2D eigenvalue weighted by molar-refractivity contribution is 5.66. The number of nitrogens with zero attached hydrogens (tertiary/aromatic N) is 1. The molecule has 0 amide bonds. The predicted molar refractivity (Wildman–Crippen MR) is 68.4 cm³/mol. The third kappa shape index (κ3) is 3.64. The van der Waals surface area contributed by atoms with Crippen LogP contribution in [-0.2, 0) is 11.2 Å². The van der Waals surface area contributed by atoms with E-state index in [9.17, 15) is 13.2 Å². The Kier molecular flexibility index (Phi) is 4.19. The second kappa shape index (κ2) is 5.71. The van der Waals surface area contributed by atoms with Crippen molar-refractivity contribution < 1.29 is 17.9 Å². The summed E-state index contributed by atoms with van der Waals surface area (Å²) in [5.41, 5.74) is 2.38. The standard InChI is InChI=1S/C14H15F3N2O/c1-9(20-8-14(15,16)17)5-12-6-10-3-2-4-11(7-18)13(10)19-12/h2-4,9,12,19H,5-6,8H2,1H3. The summed E-state index contributed by atoms with van der Waals surface area (Å²) in [7, 11) is 0. The highest BCUT2D eigenvalue weighted by atomic mass is 19.4. The van der Waals surface area contributed by atoms with Gasteiger partial charge in [-0.2, -0.15) is 18.4 Å². The normalized spacial score (nSPS) is 19.1. The highest BCUT2D eigenvalue weighted by Crippen LogP contribution is 2.31. The summed E-state index contributed by atoms with van der Waals surface area (Å²) in [6, 6.07) is 7.56. The Morgan fingerprint density at radius 3 is 2.90 bits per heavy atom. The fraction of sp³-hybridized carbons (Fsp3) is 0.500. The van der Waals surface area contributed by atoms with Gasteiger partial charge in [-0.25, -0.2) is 0 Å². The lowest BCUT2D eigenvalue weighted by molar-refractivity contribution is -0.184. The second-order valence-electron chi connectivity index (χ2n) is 4.97. The molecule has 0 saturated heterocycles. The van der Waals surface area contributed by atoms with Gasteiger partial charge >= 0.3 is 6.18 Å². The number of nitrogens with one attached hydrogen (secondary N) is 1. The topological polar surface area (TPSA) is 45.0 Å². The predicted octanol–water partition coefficient (Wildman–Crippen LogP) is 3.25. The number of alkyl halides is 3. The quantitative estimate of drug-likeness (QED) is 0.923. The van der Waals surface area contributed by atoms with Gasteiger partial charge in [-0.1, -0.05) is 12.1 Å². The molecule has 0 fully saturated rings. The minimum absolute atomic E-state index is 0.00253. The number of hydrogen-bond donors (Lipinski definition) is 1. The van der Waals surface area contributed by atoms with Crippen LogP contribution in [0.1, 0.15) is 24.5 Å². The fourth-order valence-corrected chi connectivity index (χ4v) is 2.40. The van der Waals surface area contributed by atoms with E-state index in [0.29, 0.717) is 18.4 Å². The van der Waals surface area contributed by atoms with Crippen molar-refractivity contribution in [2.75, 3.05) is 11.9 Å². The lowest BCUT2D eigenvalue weighted by atomic mass is 10.0. The average Bonchev–Trinajstić information content (AvgIpc) is 2.77. The van der Waals surface area contributed by atoms with E-state index in [0.717, 1.165) is 11.3 Å². The van der Waals surface area contributed by atoms with Crippen molar-refractivity contribution in [1.82, 2.24) is 0 Å². The zero-order valence-electron chi connectivity index (χ0n) is 11.0. The van der Waals surface area contributed by atoms with Gasteiger partial charge in [-0.05, 0) is 31.4 Å². The highest BCUT2D eigenvalue weighted by Gasteiger charge is 2.30. The van der Waals surface area contributed by atoms with Crippen LogP contribution in [0.15, 0.2) is 18.2 Å². The summed E-state index contributed by atoms with van der Waals surface area (Å²) in [4.78, 5) is 0. The number of hydrogen-bond acceptors (Lipinski definition) is 3. The second-order valence-corrected chi connectivity index (χ2v) is 4.97. The van der Waals surface area contributed by atoms with E-state index in [1.54, 1.807) is 13.0 Å². The molecule has 0 spiro atoms. The molecule has 0 saturated carbocycles. The molecule has 0 radical (unpaired) electrons. The summed E-state index contributed by atoms with van der Waals surface area (Å²) in [5, 5.41) is 12.2. The maximum absolute atomic E-state index is 12.1. The number of rotatable bonds is 4. The van der Waals surface area contributed by atoms with Crippen molar-refractivity contribution in [3.63, 3.8) is 0 Å². The van der Waals surface area contributed by atoms with Crippen LogP contribution in [0.2, 0.25) is 0 Å². The largest absolute Gasteiger partial charge is 0.411 e. The smallest absolute Gasteiger partial charge is 0.381 e. The van der Waals surface area contributed by atoms with Crippen LogP contribution in [0, 0.1) is 11.3 Å². The molecule has 20 heavy (non-hydrogen) atoms. The van der Waals surface area contributed by atoms with Crippen LogP contribution in [-0.4, -0.2) is 24.9 Å². The molecular formula is C14H15F3N2O. The number of anilines is 1. The first-order valence-electron chi connectivity index (χ1n) is 6.36. The zero-order valence-corrected chi connectivity index (χ0v) is 11.0. The minimum Gasteiger partial charge on any atom is -0.381 e. The third-order valence-corrected chi connectivity index (χ3v) is 3.23. The molecule has 3 nitrogen and oxygen atoms in total. The summed E-state index contributed by atoms with van der Waals surface area (Å²) >= 11 is 0. The van der Waals surface area contributed by atoms with Gasteiger partial charge in [0.15, 0.2) is 0 Å². The summed E-state index contributed by atoms with van der Waals surface area (Å²) in [5.74, 6) is 0. The van der Waals surface area contributed by atoms with E-state index in [4.69, 9.17) is 10.00 Å². The number of nitriles is 1. The summed E-state index contributed by atoms with van der Waals surface area (Å²) < 4.78 is 41.0. The van der Waals surface area contributed by atoms with Crippen molar-refractivity contribution in [3.05, 3.63) is 29.3 Å². The van der Waals surface area contributed by atoms with Crippen LogP contribution >= 0.6 is 0 Å². The molecule has 1 aromatic rings.